The van der Waals surface area contributed by atoms with Gasteiger partial charge in [0.1, 0.15) is 6.61 Å². The molecule has 0 aliphatic heterocycles. The van der Waals surface area contributed by atoms with Crippen LogP contribution >= 0.6 is 7.82 Å². The van der Waals surface area contributed by atoms with Crippen LogP contribution in [-0.2, 0) is 32.7 Å². The third-order valence-electron chi connectivity index (χ3n) is 12.4. The molecule has 2 atom stereocenters. The Hall–Kier alpha value is -4.37. The summed E-state index contributed by atoms with van der Waals surface area (Å²) in [6.45, 7) is 3.56. The van der Waals surface area contributed by atoms with E-state index in [0.717, 1.165) is 141 Å². The van der Waals surface area contributed by atoms with Gasteiger partial charge in [-0.15, -0.1) is 0 Å². The zero-order valence-electron chi connectivity index (χ0n) is 49.8. The molecule has 79 heavy (non-hydrogen) atoms. The van der Waals surface area contributed by atoms with Crippen LogP contribution in [-0.4, -0.2) is 49.3 Å². The van der Waals surface area contributed by atoms with Crippen molar-refractivity contribution in [2.24, 2.45) is 5.73 Å². The molecular formula is C69H112NO8P. The summed E-state index contributed by atoms with van der Waals surface area (Å²) in [6, 6.07) is 0. The van der Waals surface area contributed by atoms with Crippen molar-refractivity contribution in [3.63, 3.8) is 0 Å². The highest BCUT2D eigenvalue weighted by Crippen LogP contribution is 2.43. The van der Waals surface area contributed by atoms with E-state index in [0.29, 0.717) is 12.8 Å². The number of esters is 2. The van der Waals surface area contributed by atoms with Crippen molar-refractivity contribution in [1.82, 2.24) is 0 Å². The number of unbranched alkanes of at least 4 members (excludes halogenated alkanes) is 17. The lowest BCUT2D eigenvalue weighted by Gasteiger charge is -2.19. The molecule has 0 fully saturated rings. The molecule has 10 heteroatoms. The molecule has 0 radical (unpaired) electrons. The van der Waals surface area contributed by atoms with Gasteiger partial charge in [0.15, 0.2) is 6.10 Å². The van der Waals surface area contributed by atoms with Crippen LogP contribution in [0.5, 0.6) is 0 Å². The monoisotopic (exact) mass is 1110 g/mol. The number of carbonyl (C=O) groups excluding carboxylic acids is 2. The SMILES string of the molecule is CC/C=C\C/C=C\C/C=C\C/C=C\C/C=C\C/C=C\C/C=C\C/C=C\C/C=C\C/C=C\CCCCCCCCCCC(=O)OC(COC(=O)CCCCCCCC/C=C\C/C=C\C/C=C\CCCCC)COP(=O)(O)OCCN. The van der Waals surface area contributed by atoms with Crippen molar-refractivity contribution in [2.45, 2.75) is 238 Å². The predicted octanol–water partition coefficient (Wildman–Crippen LogP) is 20.1. The topological polar surface area (TPSA) is 134 Å². The molecule has 0 bridgehead atoms. The summed E-state index contributed by atoms with van der Waals surface area (Å²) in [7, 11) is -4.41. The van der Waals surface area contributed by atoms with Crippen molar-refractivity contribution in [2.75, 3.05) is 26.4 Å². The molecule has 0 spiro atoms. The maximum Gasteiger partial charge on any atom is 0.472 e. The summed E-state index contributed by atoms with van der Waals surface area (Å²) in [5.74, 6) is -0.862. The minimum Gasteiger partial charge on any atom is -0.462 e. The second kappa shape index (κ2) is 62.8. The second-order valence-corrected chi connectivity index (χ2v) is 21.3. The fourth-order valence-corrected chi connectivity index (χ4v) is 8.61. The lowest BCUT2D eigenvalue weighted by atomic mass is 10.1. The molecule has 0 saturated carbocycles. The van der Waals surface area contributed by atoms with Crippen LogP contribution in [0.15, 0.2) is 158 Å². The third kappa shape index (κ3) is 62.7. The van der Waals surface area contributed by atoms with E-state index in [-0.39, 0.29) is 32.6 Å². The maximum atomic E-state index is 12.7. The van der Waals surface area contributed by atoms with Crippen molar-refractivity contribution in [3.8, 4) is 0 Å². The fraction of sp³-hybridized carbons (Fsp3) is 0.594. The molecule has 9 nitrogen and oxygen atoms in total. The lowest BCUT2D eigenvalue weighted by molar-refractivity contribution is -0.161. The molecule has 0 aliphatic rings. The first-order valence-corrected chi connectivity index (χ1v) is 32.5. The van der Waals surface area contributed by atoms with Gasteiger partial charge in [-0.25, -0.2) is 4.57 Å². The molecule has 3 N–H and O–H groups in total. The first-order chi connectivity index (χ1) is 38.8. The highest BCUT2D eigenvalue weighted by molar-refractivity contribution is 7.47. The Morgan fingerprint density at radius 3 is 1.04 bits per heavy atom. The van der Waals surface area contributed by atoms with Crippen LogP contribution in [0.1, 0.15) is 232 Å². The van der Waals surface area contributed by atoms with Gasteiger partial charge in [0.2, 0.25) is 0 Å². The zero-order valence-corrected chi connectivity index (χ0v) is 50.7. The Labute approximate surface area is 483 Å². The van der Waals surface area contributed by atoms with Gasteiger partial charge in [-0.2, -0.15) is 0 Å². The molecule has 0 aliphatic carbocycles. The van der Waals surface area contributed by atoms with Gasteiger partial charge >= 0.3 is 19.8 Å². The summed E-state index contributed by atoms with van der Waals surface area (Å²) in [4.78, 5) is 35.2. The van der Waals surface area contributed by atoms with E-state index >= 15 is 0 Å². The molecule has 0 aromatic rings. The first-order valence-electron chi connectivity index (χ1n) is 31.0. The smallest absolute Gasteiger partial charge is 0.462 e. The quantitative estimate of drug-likeness (QED) is 0.0264. The number of hydrogen-bond donors (Lipinski definition) is 2. The largest absolute Gasteiger partial charge is 0.472 e. The number of carbonyl (C=O) groups is 2. The van der Waals surface area contributed by atoms with E-state index in [9.17, 15) is 19.0 Å². The van der Waals surface area contributed by atoms with Crippen LogP contribution in [0.25, 0.3) is 0 Å². The van der Waals surface area contributed by atoms with Gasteiger partial charge in [-0.3, -0.25) is 18.6 Å². The van der Waals surface area contributed by atoms with Gasteiger partial charge in [-0.1, -0.05) is 249 Å². The number of phosphoric acid groups is 1. The second-order valence-electron chi connectivity index (χ2n) is 19.8. The molecule has 446 valence electrons. The fourth-order valence-electron chi connectivity index (χ4n) is 7.85. The average Bonchev–Trinajstić information content (AvgIpc) is 3.44. The van der Waals surface area contributed by atoms with Crippen molar-refractivity contribution in [3.05, 3.63) is 158 Å². The van der Waals surface area contributed by atoms with Crippen molar-refractivity contribution >= 4 is 19.8 Å². The highest BCUT2D eigenvalue weighted by atomic mass is 31.2. The summed E-state index contributed by atoms with van der Waals surface area (Å²) in [5, 5.41) is 0. The number of phosphoric ester groups is 1. The van der Waals surface area contributed by atoms with Gasteiger partial charge < -0.3 is 20.1 Å². The summed E-state index contributed by atoms with van der Waals surface area (Å²) < 4.78 is 33.0. The van der Waals surface area contributed by atoms with Gasteiger partial charge in [0.05, 0.1) is 13.2 Å². The molecule has 0 aromatic carbocycles. The molecule has 0 aromatic heterocycles. The zero-order chi connectivity index (χ0) is 57.3. The number of nitrogens with two attached hydrogens (primary N) is 1. The number of rotatable bonds is 56. The Bertz CT molecular complexity index is 1850. The third-order valence-corrected chi connectivity index (χ3v) is 13.4. The number of hydrogen-bond acceptors (Lipinski definition) is 8. The predicted molar refractivity (Wildman–Crippen MR) is 339 cm³/mol. The summed E-state index contributed by atoms with van der Waals surface area (Å²) >= 11 is 0. The summed E-state index contributed by atoms with van der Waals surface area (Å²) in [6.07, 6.45) is 91.6. The van der Waals surface area contributed by atoms with Gasteiger partial charge in [0, 0.05) is 19.4 Å². The Morgan fingerprint density at radius 2 is 0.696 bits per heavy atom. The minimum atomic E-state index is -4.41. The molecule has 0 saturated heterocycles. The molecule has 0 amide bonds. The van der Waals surface area contributed by atoms with Crippen LogP contribution in [0, 0.1) is 0 Å². The van der Waals surface area contributed by atoms with Gasteiger partial charge in [-0.05, 0) is 128 Å². The van der Waals surface area contributed by atoms with E-state index in [1.807, 2.05) is 0 Å². The van der Waals surface area contributed by atoms with Crippen LogP contribution in [0.4, 0.5) is 0 Å². The first kappa shape index (κ1) is 74.6. The normalized spacial score (nSPS) is 14.1. The van der Waals surface area contributed by atoms with Crippen LogP contribution in [0.2, 0.25) is 0 Å². The molecular weight excluding hydrogens is 1000 g/mol. The maximum absolute atomic E-state index is 12.7. The molecule has 2 unspecified atom stereocenters. The number of ether oxygens (including phenoxy) is 2. The van der Waals surface area contributed by atoms with Gasteiger partial charge in [0.25, 0.3) is 0 Å². The van der Waals surface area contributed by atoms with E-state index in [1.54, 1.807) is 0 Å². The van der Waals surface area contributed by atoms with Crippen LogP contribution in [0.3, 0.4) is 0 Å². The van der Waals surface area contributed by atoms with E-state index < -0.39 is 32.5 Å². The molecule has 0 rings (SSSR count). The van der Waals surface area contributed by atoms with Crippen LogP contribution < -0.4 is 5.73 Å². The average molecular weight is 1110 g/mol. The number of allylic oxidation sites excluding steroid dienone is 26. The Kier molecular flexibility index (Phi) is 59.3. The van der Waals surface area contributed by atoms with Crippen molar-refractivity contribution in [1.29, 1.82) is 0 Å². The van der Waals surface area contributed by atoms with E-state index in [2.05, 4.69) is 172 Å². The minimum absolute atomic E-state index is 0.0419. The highest BCUT2D eigenvalue weighted by Gasteiger charge is 2.26. The lowest BCUT2D eigenvalue weighted by Crippen LogP contribution is -2.29. The Morgan fingerprint density at radius 1 is 0.392 bits per heavy atom. The molecule has 0 heterocycles. The van der Waals surface area contributed by atoms with E-state index in [4.69, 9.17) is 24.3 Å². The van der Waals surface area contributed by atoms with E-state index in [1.165, 1.54) is 51.4 Å². The standard InChI is InChI=1S/C69H112NO8P/c1-3-5-7-9-11-13-15-17-19-21-23-24-25-26-27-28-29-30-31-32-33-34-35-36-37-38-39-40-41-42-44-46-48-50-52-54-56-58-60-62-69(72)78-67(66-77-79(73,74)76-64-63-70)65-75-68(71)61-59-57-55-53-51-49-47-45-43-22-20-18-16-14-12-10-8-6-4-2/h5,7,11-14,17-20,23-24,26-27,29-30,32-33,35-36,38-39,41-43,45,67H,3-4,6,8-10,15-16,21-22,25,28,31,34,37,40,44,46-66,70H2,1-2H3,(H,73,74)/b7-5-,13-11-,14-12-,19-17-,20-18-,24-23-,27-26-,30-29-,33-32-,36-35-,39-38-,42-41-,45-43-. The Balaban J connectivity index is 4.03. The van der Waals surface area contributed by atoms with Crippen molar-refractivity contribution < 1.29 is 37.6 Å². The summed E-state index contributed by atoms with van der Waals surface area (Å²) in [5.41, 5.74) is 5.38.